The van der Waals surface area contributed by atoms with Crippen LogP contribution < -0.4 is 4.90 Å². The standard InChI is InChI=1S/C28H26ClN5O4S/c29-25-17-23(16-24(18-25)20-31-11-10-30-21-31)5-4-22-6-8-26(9-7-22)32-12-14-33(15-13-32)39(37,38)28-3-1-2-27(19-28)34(35)36/h1-11,16-19,21H,12-15,20H2/b5-4+. The van der Waals surface area contributed by atoms with E-state index in [2.05, 4.69) is 16.0 Å². The first-order valence-electron chi connectivity index (χ1n) is 12.3. The number of halogens is 1. The van der Waals surface area contributed by atoms with E-state index in [0.717, 1.165) is 28.4 Å². The fraction of sp³-hybridized carbons (Fsp3) is 0.179. The Hall–Kier alpha value is -3.99. The minimum Gasteiger partial charge on any atom is -0.369 e. The smallest absolute Gasteiger partial charge is 0.270 e. The molecule has 11 heteroatoms. The van der Waals surface area contributed by atoms with E-state index in [1.807, 2.05) is 59.3 Å². The number of hydrogen-bond acceptors (Lipinski definition) is 6. The summed E-state index contributed by atoms with van der Waals surface area (Å²) < 4.78 is 29.4. The Balaban J connectivity index is 1.21. The molecule has 4 aromatic rings. The molecule has 1 aromatic heterocycles. The van der Waals surface area contributed by atoms with E-state index >= 15 is 0 Å². The highest BCUT2D eigenvalue weighted by Crippen LogP contribution is 2.25. The molecular formula is C28H26ClN5O4S. The summed E-state index contributed by atoms with van der Waals surface area (Å²) in [7, 11) is -3.81. The first kappa shape index (κ1) is 26.6. The fourth-order valence-corrected chi connectivity index (χ4v) is 6.26. The summed E-state index contributed by atoms with van der Waals surface area (Å²) in [6.07, 6.45) is 9.48. The summed E-state index contributed by atoms with van der Waals surface area (Å²) in [6, 6.07) is 19.2. The molecule has 1 aliphatic rings. The summed E-state index contributed by atoms with van der Waals surface area (Å²) in [5, 5.41) is 11.7. The molecular weight excluding hydrogens is 538 g/mol. The number of non-ortho nitro benzene ring substituents is 1. The number of imidazole rings is 1. The zero-order chi connectivity index (χ0) is 27.4. The second kappa shape index (κ2) is 11.4. The molecule has 1 fully saturated rings. The van der Waals surface area contributed by atoms with Gasteiger partial charge in [-0.2, -0.15) is 4.31 Å². The third-order valence-electron chi connectivity index (χ3n) is 6.54. The van der Waals surface area contributed by atoms with Crippen molar-refractivity contribution in [2.45, 2.75) is 11.4 Å². The molecule has 0 unspecified atom stereocenters. The molecule has 9 nitrogen and oxygen atoms in total. The largest absolute Gasteiger partial charge is 0.369 e. The molecule has 0 radical (unpaired) electrons. The lowest BCUT2D eigenvalue weighted by atomic mass is 10.1. The molecule has 0 spiro atoms. The van der Waals surface area contributed by atoms with E-state index in [9.17, 15) is 18.5 Å². The Kier molecular flexibility index (Phi) is 7.78. The number of hydrogen-bond donors (Lipinski definition) is 0. The van der Waals surface area contributed by atoms with Crippen molar-refractivity contribution in [3.63, 3.8) is 0 Å². The minimum absolute atomic E-state index is 0.0603. The Labute approximate surface area is 231 Å². The van der Waals surface area contributed by atoms with Gasteiger partial charge in [-0.1, -0.05) is 42.0 Å². The minimum atomic E-state index is -3.81. The lowest BCUT2D eigenvalue weighted by Crippen LogP contribution is -2.48. The number of benzene rings is 3. The average Bonchev–Trinajstić information content (AvgIpc) is 3.45. The van der Waals surface area contributed by atoms with Crippen molar-refractivity contribution < 1.29 is 13.3 Å². The maximum Gasteiger partial charge on any atom is 0.270 e. The van der Waals surface area contributed by atoms with E-state index < -0.39 is 14.9 Å². The SMILES string of the molecule is O=[N+]([O-])c1cccc(S(=O)(=O)N2CCN(c3ccc(/C=C/c4cc(Cl)cc(Cn5ccnc5)c4)cc3)CC2)c1. The zero-order valence-corrected chi connectivity index (χ0v) is 22.5. The summed E-state index contributed by atoms with van der Waals surface area (Å²) in [6.45, 7) is 2.32. The molecule has 5 rings (SSSR count). The molecule has 0 saturated carbocycles. The van der Waals surface area contributed by atoms with Crippen molar-refractivity contribution in [3.05, 3.63) is 117 Å². The van der Waals surface area contributed by atoms with Gasteiger partial charge >= 0.3 is 0 Å². The van der Waals surface area contributed by atoms with Crippen LogP contribution in [0.15, 0.2) is 90.3 Å². The first-order chi connectivity index (χ1) is 18.8. The Bertz CT molecular complexity index is 1600. The molecule has 2 heterocycles. The predicted octanol–water partition coefficient (Wildman–Crippen LogP) is 5.17. The van der Waals surface area contributed by atoms with Crippen LogP contribution in [-0.4, -0.2) is 53.4 Å². The monoisotopic (exact) mass is 563 g/mol. The number of aromatic nitrogens is 2. The molecule has 3 aromatic carbocycles. The second-order valence-corrected chi connectivity index (χ2v) is 11.6. The fourth-order valence-electron chi connectivity index (χ4n) is 4.54. The normalized spacial score (nSPS) is 14.6. The first-order valence-corrected chi connectivity index (χ1v) is 14.1. The van der Waals surface area contributed by atoms with Gasteiger partial charge in [-0.3, -0.25) is 10.1 Å². The van der Waals surface area contributed by atoms with E-state index in [0.29, 0.717) is 37.7 Å². The Morgan fingerprint density at radius 3 is 2.38 bits per heavy atom. The van der Waals surface area contributed by atoms with Crippen LogP contribution in [0.5, 0.6) is 0 Å². The van der Waals surface area contributed by atoms with Crippen molar-refractivity contribution in [1.82, 2.24) is 13.9 Å². The van der Waals surface area contributed by atoms with Gasteiger partial charge in [-0.25, -0.2) is 13.4 Å². The van der Waals surface area contributed by atoms with Gasteiger partial charge in [0, 0.05) is 68.0 Å². The van der Waals surface area contributed by atoms with Gasteiger partial charge < -0.3 is 9.47 Å². The van der Waals surface area contributed by atoms with Gasteiger partial charge in [0.25, 0.3) is 5.69 Å². The van der Waals surface area contributed by atoms with E-state index in [-0.39, 0.29) is 10.6 Å². The van der Waals surface area contributed by atoms with Crippen molar-refractivity contribution in [2.24, 2.45) is 0 Å². The molecule has 39 heavy (non-hydrogen) atoms. The zero-order valence-electron chi connectivity index (χ0n) is 20.9. The topological polar surface area (TPSA) is 102 Å². The van der Waals surface area contributed by atoms with Crippen LogP contribution in [0.25, 0.3) is 12.2 Å². The molecule has 0 aliphatic carbocycles. The second-order valence-electron chi connectivity index (χ2n) is 9.20. The summed E-state index contributed by atoms with van der Waals surface area (Å²) in [4.78, 5) is 16.6. The average molecular weight is 564 g/mol. The van der Waals surface area contributed by atoms with Crippen LogP contribution in [0.3, 0.4) is 0 Å². The maximum absolute atomic E-state index is 13.0. The summed E-state index contributed by atoms with van der Waals surface area (Å²) in [5.41, 5.74) is 3.88. The van der Waals surface area contributed by atoms with Gasteiger partial charge in [0.15, 0.2) is 0 Å². The van der Waals surface area contributed by atoms with E-state index in [4.69, 9.17) is 11.6 Å². The maximum atomic E-state index is 13.0. The van der Waals surface area contributed by atoms with Crippen LogP contribution in [0.1, 0.15) is 16.7 Å². The van der Waals surface area contributed by atoms with Crippen molar-refractivity contribution in [1.29, 1.82) is 0 Å². The highest BCUT2D eigenvalue weighted by Gasteiger charge is 2.29. The van der Waals surface area contributed by atoms with Crippen molar-refractivity contribution in [3.8, 4) is 0 Å². The number of piperazine rings is 1. The highest BCUT2D eigenvalue weighted by atomic mass is 35.5. The van der Waals surface area contributed by atoms with Crippen molar-refractivity contribution in [2.75, 3.05) is 31.1 Å². The van der Waals surface area contributed by atoms with Crippen LogP contribution >= 0.6 is 11.6 Å². The molecule has 200 valence electrons. The quantitative estimate of drug-likeness (QED) is 0.166. The number of nitro groups is 1. The van der Waals surface area contributed by atoms with E-state index in [1.54, 1.807) is 12.5 Å². The molecule has 0 amide bonds. The summed E-state index contributed by atoms with van der Waals surface area (Å²) in [5.74, 6) is 0. The van der Waals surface area contributed by atoms with Crippen LogP contribution in [0.4, 0.5) is 11.4 Å². The highest BCUT2D eigenvalue weighted by molar-refractivity contribution is 7.89. The van der Waals surface area contributed by atoms with Gasteiger partial charge in [0.05, 0.1) is 16.1 Å². The number of anilines is 1. The molecule has 1 saturated heterocycles. The summed E-state index contributed by atoms with van der Waals surface area (Å²) >= 11 is 6.34. The lowest BCUT2D eigenvalue weighted by Gasteiger charge is -2.35. The lowest BCUT2D eigenvalue weighted by molar-refractivity contribution is -0.385. The van der Waals surface area contributed by atoms with Crippen molar-refractivity contribution >= 4 is 45.2 Å². The predicted molar refractivity (Wildman–Crippen MR) is 152 cm³/mol. The van der Waals surface area contributed by atoms with Crippen LogP contribution in [-0.2, 0) is 16.6 Å². The van der Waals surface area contributed by atoms with Gasteiger partial charge in [-0.15, -0.1) is 0 Å². The van der Waals surface area contributed by atoms with Gasteiger partial charge in [0.1, 0.15) is 0 Å². The Morgan fingerprint density at radius 2 is 1.69 bits per heavy atom. The van der Waals surface area contributed by atoms with Gasteiger partial charge in [-0.05, 0) is 53.1 Å². The number of nitro benzene ring substituents is 1. The number of nitrogens with zero attached hydrogens (tertiary/aromatic N) is 5. The molecule has 0 bridgehead atoms. The third kappa shape index (κ3) is 6.36. The van der Waals surface area contributed by atoms with E-state index in [1.165, 1.54) is 22.5 Å². The number of sulfonamides is 1. The van der Waals surface area contributed by atoms with Crippen LogP contribution in [0.2, 0.25) is 5.02 Å². The third-order valence-corrected chi connectivity index (χ3v) is 8.65. The molecule has 0 N–H and O–H groups in total. The molecule has 0 atom stereocenters. The molecule has 1 aliphatic heterocycles. The van der Waals surface area contributed by atoms with Crippen LogP contribution in [0, 0.1) is 10.1 Å². The van der Waals surface area contributed by atoms with Gasteiger partial charge in [0.2, 0.25) is 10.0 Å². The Morgan fingerprint density at radius 1 is 0.949 bits per heavy atom. The number of rotatable bonds is 8.